The van der Waals surface area contributed by atoms with Gasteiger partial charge in [-0.05, 0) is 85.4 Å². The maximum Gasteiger partial charge on any atom is 0.253 e. The molecule has 34 heavy (non-hydrogen) atoms. The van der Waals surface area contributed by atoms with Crippen molar-refractivity contribution in [2.75, 3.05) is 39.4 Å². The first-order chi connectivity index (χ1) is 16.5. The Morgan fingerprint density at radius 3 is 2.76 bits per heavy atom. The van der Waals surface area contributed by atoms with Gasteiger partial charge in [0.1, 0.15) is 0 Å². The quantitative estimate of drug-likeness (QED) is 0.380. The van der Waals surface area contributed by atoms with E-state index >= 15 is 0 Å². The summed E-state index contributed by atoms with van der Waals surface area (Å²) in [5.41, 5.74) is 4.88. The number of hydrogen-bond donors (Lipinski definition) is 2. The van der Waals surface area contributed by atoms with Crippen molar-refractivity contribution in [3.8, 4) is 0 Å². The lowest BCUT2D eigenvalue weighted by molar-refractivity contribution is 0.0376. The SMILES string of the molecule is Cc1cc2cc(CN(Cc3cccnc3)C(=S)NCCCN3CCOCC3)c(=O)[nH]c2cc1C. The van der Waals surface area contributed by atoms with E-state index in [9.17, 15) is 4.79 Å². The van der Waals surface area contributed by atoms with E-state index in [-0.39, 0.29) is 5.56 Å². The Morgan fingerprint density at radius 2 is 2.00 bits per heavy atom. The van der Waals surface area contributed by atoms with Crippen LogP contribution in [-0.2, 0) is 17.8 Å². The van der Waals surface area contributed by atoms with Crippen molar-refractivity contribution in [3.63, 3.8) is 0 Å². The molecule has 2 N–H and O–H groups in total. The third kappa shape index (κ3) is 6.40. The summed E-state index contributed by atoms with van der Waals surface area (Å²) >= 11 is 5.77. The molecule has 1 saturated heterocycles. The molecule has 4 rings (SSSR count). The largest absolute Gasteiger partial charge is 0.379 e. The summed E-state index contributed by atoms with van der Waals surface area (Å²) in [5, 5.41) is 5.08. The zero-order chi connectivity index (χ0) is 23.9. The first-order valence-corrected chi connectivity index (χ1v) is 12.3. The predicted molar refractivity (Wildman–Crippen MR) is 140 cm³/mol. The van der Waals surface area contributed by atoms with Crippen LogP contribution in [0.5, 0.6) is 0 Å². The van der Waals surface area contributed by atoms with Crippen LogP contribution in [0.15, 0.2) is 47.5 Å². The molecule has 8 heteroatoms. The van der Waals surface area contributed by atoms with Crippen molar-refractivity contribution in [2.45, 2.75) is 33.4 Å². The highest BCUT2D eigenvalue weighted by molar-refractivity contribution is 7.80. The zero-order valence-electron chi connectivity index (χ0n) is 20.0. The van der Waals surface area contributed by atoms with Gasteiger partial charge < -0.3 is 19.9 Å². The standard InChI is InChI=1S/C26H33N5O2S/c1-19-13-22-15-23(25(32)29-24(22)14-20(19)2)18-31(17-21-5-3-6-27-16-21)26(34)28-7-4-8-30-9-11-33-12-10-30/h3,5-6,13-16H,4,7-12,17-18H2,1-2H3,(H,28,34)(H,29,32). The Hall–Kier alpha value is -2.81. The van der Waals surface area contributed by atoms with E-state index in [1.165, 1.54) is 5.56 Å². The molecule has 180 valence electrons. The van der Waals surface area contributed by atoms with E-state index in [2.05, 4.69) is 40.1 Å². The number of H-pyrrole nitrogens is 1. The van der Waals surface area contributed by atoms with Crippen molar-refractivity contribution < 1.29 is 4.74 Å². The van der Waals surface area contributed by atoms with Gasteiger partial charge in [-0.1, -0.05) is 6.07 Å². The summed E-state index contributed by atoms with van der Waals surface area (Å²) in [4.78, 5) is 24.6. The second-order valence-corrected chi connectivity index (χ2v) is 9.29. The van der Waals surface area contributed by atoms with Crippen LogP contribution >= 0.6 is 12.2 Å². The normalized spacial score (nSPS) is 14.3. The van der Waals surface area contributed by atoms with Crippen molar-refractivity contribution in [1.29, 1.82) is 0 Å². The maximum absolute atomic E-state index is 12.9. The molecule has 3 heterocycles. The molecule has 2 aromatic heterocycles. The summed E-state index contributed by atoms with van der Waals surface area (Å²) in [7, 11) is 0. The molecule has 0 spiro atoms. The number of aromatic nitrogens is 2. The second-order valence-electron chi connectivity index (χ2n) is 8.90. The molecule has 0 amide bonds. The van der Waals surface area contributed by atoms with E-state index < -0.39 is 0 Å². The van der Waals surface area contributed by atoms with Gasteiger partial charge in [-0.3, -0.25) is 14.7 Å². The summed E-state index contributed by atoms with van der Waals surface area (Å²) in [6.07, 6.45) is 4.59. The van der Waals surface area contributed by atoms with E-state index in [1.807, 2.05) is 35.4 Å². The maximum atomic E-state index is 12.9. The number of hydrogen-bond acceptors (Lipinski definition) is 5. The number of fused-ring (bicyclic) bond motifs is 1. The summed E-state index contributed by atoms with van der Waals surface area (Å²) < 4.78 is 5.42. The second kappa shape index (κ2) is 11.6. The van der Waals surface area contributed by atoms with Crippen LogP contribution in [0.4, 0.5) is 0 Å². The van der Waals surface area contributed by atoms with E-state index in [0.29, 0.717) is 23.8 Å². The number of aromatic amines is 1. The summed E-state index contributed by atoms with van der Waals surface area (Å²) in [6.45, 7) is 10.5. The average Bonchev–Trinajstić information content (AvgIpc) is 2.84. The fraction of sp³-hybridized carbons (Fsp3) is 0.423. The molecule has 1 aliphatic rings. The first kappa shape index (κ1) is 24.3. The van der Waals surface area contributed by atoms with Crippen LogP contribution in [0.2, 0.25) is 0 Å². The van der Waals surface area contributed by atoms with Crippen molar-refractivity contribution in [1.82, 2.24) is 25.1 Å². The molecular weight excluding hydrogens is 446 g/mol. The lowest BCUT2D eigenvalue weighted by atomic mass is 10.0. The smallest absolute Gasteiger partial charge is 0.253 e. The minimum absolute atomic E-state index is 0.0814. The van der Waals surface area contributed by atoms with Crippen LogP contribution in [0.1, 0.15) is 28.7 Å². The number of thiocarbonyl (C=S) groups is 1. The highest BCUT2D eigenvalue weighted by atomic mass is 32.1. The van der Waals surface area contributed by atoms with Crippen molar-refractivity contribution >= 4 is 28.2 Å². The highest BCUT2D eigenvalue weighted by Gasteiger charge is 2.15. The van der Waals surface area contributed by atoms with Gasteiger partial charge in [-0.15, -0.1) is 0 Å². The van der Waals surface area contributed by atoms with Gasteiger partial charge in [0.15, 0.2) is 5.11 Å². The molecule has 0 radical (unpaired) electrons. The topological polar surface area (TPSA) is 73.5 Å². The molecule has 1 aromatic carbocycles. The molecule has 0 aliphatic carbocycles. The number of benzene rings is 1. The van der Waals surface area contributed by atoms with Gasteiger partial charge >= 0.3 is 0 Å². The van der Waals surface area contributed by atoms with E-state index in [4.69, 9.17) is 17.0 Å². The molecule has 0 unspecified atom stereocenters. The Labute approximate surface area is 206 Å². The Bertz CT molecular complexity index is 1180. The Kier molecular flexibility index (Phi) is 8.26. The molecule has 0 bridgehead atoms. The summed E-state index contributed by atoms with van der Waals surface area (Å²) in [5.74, 6) is 0. The molecular formula is C26H33N5O2S. The lowest BCUT2D eigenvalue weighted by Gasteiger charge is -2.28. The summed E-state index contributed by atoms with van der Waals surface area (Å²) in [6, 6.07) is 10.1. The van der Waals surface area contributed by atoms with Crippen LogP contribution in [0, 0.1) is 13.8 Å². The van der Waals surface area contributed by atoms with Gasteiger partial charge in [0, 0.05) is 49.7 Å². The fourth-order valence-corrected chi connectivity index (χ4v) is 4.42. The monoisotopic (exact) mass is 479 g/mol. The number of nitrogens with one attached hydrogen (secondary N) is 2. The van der Waals surface area contributed by atoms with Crippen LogP contribution < -0.4 is 10.9 Å². The van der Waals surface area contributed by atoms with Crippen molar-refractivity contribution in [3.05, 3.63) is 75.3 Å². The number of aryl methyl sites for hydroxylation is 2. The third-order valence-corrected chi connectivity index (χ3v) is 6.71. The zero-order valence-corrected chi connectivity index (χ0v) is 20.8. The lowest BCUT2D eigenvalue weighted by Crippen LogP contribution is -2.42. The minimum atomic E-state index is -0.0814. The van der Waals surface area contributed by atoms with Crippen LogP contribution in [0.25, 0.3) is 10.9 Å². The van der Waals surface area contributed by atoms with Gasteiger partial charge in [0.05, 0.1) is 19.8 Å². The minimum Gasteiger partial charge on any atom is -0.379 e. The molecule has 0 atom stereocenters. The molecule has 1 aliphatic heterocycles. The number of morpholine rings is 1. The first-order valence-electron chi connectivity index (χ1n) is 11.8. The molecule has 0 saturated carbocycles. The predicted octanol–water partition coefficient (Wildman–Crippen LogP) is 3.14. The van der Waals surface area contributed by atoms with Gasteiger partial charge in [0.2, 0.25) is 0 Å². The fourth-order valence-electron chi connectivity index (χ4n) is 4.19. The number of rotatable bonds is 8. The van der Waals surface area contributed by atoms with Crippen LogP contribution in [-0.4, -0.2) is 64.3 Å². The van der Waals surface area contributed by atoms with Crippen LogP contribution in [0.3, 0.4) is 0 Å². The number of nitrogens with zero attached hydrogens (tertiary/aromatic N) is 3. The average molecular weight is 480 g/mol. The number of pyridine rings is 2. The Balaban J connectivity index is 1.46. The highest BCUT2D eigenvalue weighted by Crippen LogP contribution is 2.18. The molecule has 1 fully saturated rings. The molecule has 7 nitrogen and oxygen atoms in total. The van der Waals surface area contributed by atoms with E-state index in [0.717, 1.165) is 67.8 Å². The molecule has 3 aromatic rings. The van der Waals surface area contributed by atoms with E-state index in [1.54, 1.807) is 6.20 Å². The van der Waals surface area contributed by atoms with Crippen molar-refractivity contribution in [2.24, 2.45) is 0 Å². The third-order valence-electron chi connectivity index (χ3n) is 6.31. The van der Waals surface area contributed by atoms with Gasteiger partial charge in [-0.2, -0.15) is 0 Å². The van der Waals surface area contributed by atoms with Gasteiger partial charge in [0.25, 0.3) is 5.56 Å². The Morgan fingerprint density at radius 1 is 1.21 bits per heavy atom. The van der Waals surface area contributed by atoms with Gasteiger partial charge in [-0.25, -0.2) is 0 Å². The number of ether oxygens (including phenoxy) is 1.